The number of rotatable bonds is 3. The zero-order valence-electron chi connectivity index (χ0n) is 10.4. The number of nitrogens with one attached hydrogen (secondary N) is 1. The van der Waals surface area contributed by atoms with Gasteiger partial charge < -0.3 is 20.1 Å². The quantitative estimate of drug-likeness (QED) is 0.706. The SMILES string of the molecule is CO[C@@H]1CN(C(=O)CC2CCNCC2)C[C@@H]1O. The van der Waals surface area contributed by atoms with Gasteiger partial charge in [0.15, 0.2) is 0 Å². The van der Waals surface area contributed by atoms with E-state index in [0.29, 0.717) is 25.4 Å². The van der Waals surface area contributed by atoms with E-state index in [1.54, 1.807) is 12.0 Å². The Labute approximate surface area is 102 Å². The van der Waals surface area contributed by atoms with Crippen molar-refractivity contribution >= 4 is 5.91 Å². The van der Waals surface area contributed by atoms with E-state index < -0.39 is 6.10 Å². The molecule has 0 spiro atoms. The molecule has 2 heterocycles. The number of likely N-dealkylation sites (tertiary alicyclic amines) is 1. The second-order valence-corrected chi connectivity index (χ2v) is 5.04. The molecule has 0 bridgehead atoms. The summed E-state index contributed by atoms with van der Waals surface area (Å²) in [5, 5.41) is 13.0. The molecule has 2 aliphatic rings. The van der Waals surface area contributed by atoms with E-state index in [9.17, 15) is 9.90 Å². The summed E-state index contributed by atoms with van der Waals surface area (Å²) in [4.78, 5) is 13.8. The van der Waals surface area contributed by atoms with Crippen molar-refractivity contribution in [3.05, 3.63) is 0 Å². The van der Waals surface area contributed by atoms with Crippen molar-refractivity contribution in [2.45, 2.75) is 31.5 Å². The fourth-order valence-electron chi connectivity index (χ4n) is 2.65. The van der Waals surface area contributed by atoms with Gasteiger partial charge >= 0.3 is 0 Å². The Morgan fingerprint density at radius 3 is 2.71 bits per heavy atom. The third-order valence-electron chi connectivity index (χ3n) is 3.81. The summed E-state index contributed by atoms with van der Waals surface area (Å²) in [5.41, 5.74) is 0. The lowest BCUT2D eigenvalue weighted by atomic mass is 9.94. The van der Waals surface area contributed by atoms with Crippen molar-refractivity contribution in [1.82, 2.24) is 10.2 Å². The van der Waals surface area contributed by atoms with E-state index in [0.717, 1.165) is 25.9 Å². The highest BCUT2D eigenvalue weighted by molar-refractivity contribution is 5.76. The van der Waals surface area contributed by atoms with Crippen LogP contribution in [0.2, 0.25) is 0 Å². The van der Waals surface area contributed by atoms with Crippen molar-refractivity contribution in [2.75, 3.05) is 33.3 Å². The standard InChI is InChI=1S/C12H22N2O3/c1-17-11-8-14(7-10(11)15)12(16)6-9-2-4-13-5-3-9/h9-11,13,15H,2-8H2,1H3/t10-,11+/m0/s1. The monoisotopic (exact) mass is 242 g/mol. The van der Waals surface area contributed by atoms with Gasteiger partial charge in [-0.1, -0.05) is 0 Å². The number of aliphatic hydroxyl groups is 1. The minimum atomic E-state index is -0.531. The molecule has 0 aromatic carbocycles. The number of piperidine rings is 1. The molecule has 2 rings (SSSR count). The molecule has 2 fully saturated rings. The Morgan fingerprint density at radius 1 is 1.41 bits per heavy atom. The number of carbonyl (C=O) groups is 1. The third-order valence-corrected chi connectivity index (χ3v) is 3.81. The predicted molar refractivity (Wildman–Crippen MR) is 63.6 cm³/mol. The molecule has 2 atom stereocenters. The van der Waals surface area contributed by atoms with E-state index in [4.69, 9.17) is 4.74 Å². The first-order valence-corrected chi connectivity index (χ1v) is 6.40. The normalized spacial score (nSPS) is 30.8. The smallest absolute Gasteiger partial charge is 0.223 e. The average Bonchev–Trinajstić information content (AvgIpc) is 2.72. The van der Waals surface area contributed by atoms with Crippen molar-refractivity contribution in [3.8, 4) is 0 Å². The highest BCUT2D eigenvalue weighted by Crippen LogP contribution is 2.20. The van der Waals surface area contributed by atoms with Crippen LogP contribution >= 0.6 is 0 Å². The summed E-state index contributed by atoms with van der Waals surface area (Å²) in [5.74, 6) is 0.665. The summed E-state index contributed by atoms with van der Waals surface area (Å²) in [7, 11) is 1.58. The molecule has 2 N–H and O–H groups in total. The van der Waals surface area contributed by atoms with E-state index >= 15 is 0 Å². The van der Waals surface area contributed by atoms with E-state index in [-0.39, 0.29) is 12.0 Å². The first-order chi connectivity index (χ1) is 8.20. The number of carbonyl (C=O) groups excluding carboxylic acids is 1. The molecule has 98 valence electrons. The van der Waals surface area contributed by atoms with E-state index in [2.05, 4.69) is 5.32 Å². The molecule has 17 heavy (non-hydrogen) atoms. The molecule has 5 nitrogen and oxygen atoms in total. The molecular weight excluding hydrogens is 220 g/mol. The first kappa shape index (κ1) is 12.8. The van der Waals surface area contributed by atoms with E-state index in [1.807, 2.05) is 0 Å². The number of hydrogen-bond donors (Lipinski definition) is 2. The summed E-state index contributed by atoms with van der Waals surface area (Å²) < 4.78 is 5.14. The minimum absolute atomic E-state index is 0.163. The fourth-order valence-corrected chi connectivity index (χ4v) is 2.65. The van der Waals surface area contributed by atoms with Gasteiger partial charge in [-0.15, -0.1) is 0 Å². The van der Waals surface area contributed by atoms with Crippen LogP contribution in [0.5, 0.6) is 0 Å². The summed E-state index contributed by atoms with van der Waals surface area (Å²) >= 11 is 0. The maximum atomic E-state index is 12.1. The molecule has 2 aliphatic heterocycles. The molecule has 0 aromatic heterocycles. The van der Waals surface area contributed by atoms with Crippen LogP contribution in [0.3, 0.4) is 0 Å². The lowest BCUT2D eigenvalue weighted by Gasteiger charge is -2.24. The molecule has 5 heteroatoms. The second kappa shape index (κ2) is 5.80. The number of aliphatic hydroxyl groups excluding tert-OH is 1. The molecule has 0 aliphatic carbocycles. The average molecular weight is 242 g/mol. The predicted octanol–water partition coefficient (Wildman–Crippen LogP) is -0.406. The van der Waals surface area contributed by atoms with Crippen molar-refractivity contribution < 1.29 is 14.6 Å². The number of methoxy groups -OCH3 is 1. The fraction of sp³-hybridized carbons (Fsp3) is 0.917. The molecule has 0 aromatic rings. The van der Waals surface area contributed by atoms with Gasteiger partial charge in [0.05, 0.1) is 6.10 Å². The van der Waals surface area contributed by atoms with Gasteiger partial charge in [0.25, 0.3) is 0 Å². The Morgan fingerprint density at radius 2 is 2.12 bits per heavy atom. The van der Waals surface area contributed by atoms with Crippen molar-refractivity contribution in [2.24, 2.45) is 5.92 Å². The summed E-state index contributed by atoms with van der Waals surface area (Å²) in [6.45, 7) is 2.98. The number of ether oxygens (including phenoxy) is 1. The van der Waals surface area contributed by atoms with Crippen LogP contribution in [0, 0.1) is 5.92 Å². The summed E-state index contributed by atoms with van der Waals surface area (Å²) in [6.07, 6.45) is 2.03. The van der Waals surface area contributed by atoms with Gasteiger partial charge in [-0.25, -0.2) is 0 Å². The van der Waals surface area contributed by atoms with Gasteiger partial charge in [0.2, 0.25) is 5.91 Å². The van der Waals surface area contributed by atoms with Gasteiger partial charge in [0.1, 0.15) is 6.10 Å². The second-order valence-electron chi connectivity index (χ2n) is 5.04. The highest BCUT2D eigenvalue weighted by atomic mass is 16.5. The third kappa shape index (κ3) is 3.18. The van der Waals surface area contributed by atoms with Gasteiger partial charge in [-0.3, -0.25) is 4.79 Å². The molecular formula is C12H22N2O3. The molecule has 2 saturated heterocycles. The van der Waals surface area contributed by atoms with Crippen LogP contribution in [0.4, 0.5) is 0 Å². The zero-order valence-corrected chi connectivity index (χ0v) is 10.4. The Hall–Kier alpha value is -0.650. The molecule has 0 saturated carbocycles. The number of β-amino-alcohol motifs (C(OH)–C–C–N with tert-alkyl or cyclic N) is 1. The van der Waals surface area contributed by atoms with Crippen molar-refractivity contribution in [3.63, 3.8) is 0 Å². The molecule has 0 unspecified atom stereocenters. The van der Waals surface area contributed by atoms with Crippen LogP contribution in [-0.2, 0) is 9.53 Å². The van der Waals surface area contributed by atoms with Crippen molar-refractivity contribution in [1.29, 1.82) is 0 Å². The van der Waals surface area contributed by atoms with Gasteiger partial charge in [-0.05, 0) is 31.8 Å². The highest BCUT2D eigenvalue weighted by Gasteiger charge is 2.34. The number of nitrogens with zero attached hydrogens (tertiary/aromatic N) is 1. The number of hydrogen-bond acceptors (Lipinski definition) is 4. The maximum absolute atomic E-state index is 12.1. The molecule has 1 amide bonds. The Balaban J connectivity index is 1.80. The topological polar surface area (TPSA) is 61.8 Å². The maximum Gasteiger partial charge on any atom is 0.223 e. The lowest BCUT2D eigenvalue weighted by molar-refractivity contribution is -0.131. The largest absolute Gasteiger partial charge is 0.388 e. The van der Waals surface area contributed by atoms with Crippen LogP contribution < -0.4 is 5.32 Å². The van der Waals surface area contributed by atoms with Crippen LogP contribution in [0.1, 0.15) is 19.3 Å². The first-order valence-electron chi connectivity index (χ1n) is 6.40. The summed E-state index contributed by atoms with van der Waals surface area (Å²) in [6, 6.07) is 0. The Kier molecular flexibility index (Phi) is 4.36. The van der Waals surface area contributed by atoms with Crippen LogP contribution in [0.15, 0.2) is 0 Å². The van der Waals surface area contributed by atoms with Crippen LogP contribution in [0.25, 0.3) is 0 Å². The lowest BCUT2D eigenvalue weighted by Crippen LogP contribution is -2.34. The zero-order chi connectivity index (χ0) is 12.3. The van der Waals surface area contributed by atoms with Gasteiger partial charge in [0, 0.05) is 26.6 Å². The van der Waals surface area contributed by atoms with Gasteiger partial charge in [-0.2, -0.15) is 0 Å². The molecule has 0 radical (unpaired) electrons. The Bertz CT molecular complexity index is 266. The minimum Gasteiger partial charge on any atom is -0.388 e. The van der Waals surface area contributed by atoms with E-state index in [1.165, 1.54) is 0 Å². The number of amides is 1. The van der Waals surface area contributed by atoms with Crippen LogP contribution in [-0.4, -0.2) is 61.4 Å².